The van der Waals surface area contributed by atoms with Crippen LogP contribution in [0.4, 0.5) is 8.78 Å². The molecule has 4 rings (SSSR count). The van der Waals surface area contributed by atoms with Crippen LogP contribution >= 0.6 is 11.6 Å². The molecular weight excluding hydrogens is 486 g/mol. The number of carboxylic acid groups (broad SMARTS) is 1. The lowest BCUT2D eigenvalue weighted by molar-refractivity contribution is -0.153. The summed E-state index contributed by atoms with van der Waals surface area (Å²) >= 11 is 6.35. The van der Waals surface area contributed by atoms with Gasteiger partial charge in [-0.15, -0.1) is 0 Å². The number of aliphatic carboxylic acids is 1. The van der Waals surface area contributed by atoms with E-state index in [1.165, 1.54) is 25.4 Å². The fourth-order valence-corrected chi connectivity index (χ4v) is 5.36. The molecule has 0 saturated carbocycles. The summed E-state index contributed by atoms with van der Waals surface area (Å²) in [6.45, 7) is 2.16. The highest BCUT2D eigenvalue weighted by atomic mass is 35.5. The van der Waals surface area contributed by atoms with Crippen molar-refractivity contribution >= 4 is 28.5 Å². The SMILES string of the molecule is COc1ccc2ncc(Cl)c([C@H](F)CCC3(C(=O)O)CCN(CCCc4ccc(F)cc4)CC3)c2c1. The Kier molecular flexibility index (Phi) is 8.42. The molecule has 0 aliphatic carbocycles. The number of pyridine rings is 1. The van der Waals surface area contributed by atoms with Crippen LogP contribution in [-0.2, 0) is 11.2 Å². The summed E-state index contributed by atoms with van der Waals surface area (Å²) in [5.74, 6) is -0.531. The number of carbonyl (C=O) groups is 1. The van der Waals surface area contributed by atoms with Crippen molar-refractivity contribution < 1.29 is 23.4 Å². The number of likely N-dealkylation sites (tertiary alicyclic amines) is 1. The normalized spacial score (nSPS) is 16.7. The van der Waals surface area contributed by atoms with Gasteiger partial charge in [0.15, 0.2) is 0 Å². The lowest BCUT2D eigenvalue weighted by Crippen LogP contribution is -2.44. The van der Waals surface area contributed by atoms with Gasteiger partial charge in [0.1, 0.15) is 17.7 Å². The minimum absolute atomic E-state index is 0.0624. The van der Waals surface area contributed by atoms with Gasteiger partial charge in [-0.2, -0.15) is 0 Å². The quantitative estimate of drug-likeness (QED) is 0.328. The number of aryl methyl sites for hydroxylation is 1. The van der Waals surface area contributed by atoms with Crippen molar-refractivity contribution in [2.45, 2.75) is 44.7 Å². The second kappa shape index (κ2) is 11.5. The number of ether oxygens (including phenoxy) is 1. The summed E-state index contributed by atoms with van der Waals surface area (Å²) in [6.07, 6.45) is 3.03. The fraction of sp³-hybridized carbons (Fsp3) is 0.429. The molecule has 36 heavy (non-hydrogen) atoms. The number of hydrogen-bond acceptors (Lipinski definition) is 4. The Hall–Kier alpha value is -2.77. The van der Waals surface area contributed by atoms with Crippen molar-refractivity contribution in [2.75, 3.05) is 26.7 Å². The lowest BCUT2D eigenvalue weighted by atomic mass is 9.74. The van der Waals surface area contributed by atoms with Crippen molar-refractivity contribution in [2.24, 2.45) is 5.41 Å². The van der Waals surface area contributed by atoms with Crippen LogP contribution in [0.5, 0.6) is 5.75 Å². The second-order valence-corrected chi connectivity index (χ2v) is 9.97. The van der Waals surface area contributed by atoms with Crippen molar-refractivity contribution in [3.05, 3.63) is 70.6 Å². The minimum Gasteiger partial charge on any atom is -0.497 e. The molecule has 1 fully saturated rings. The van der Waals surface area contributed by atoms with E-state index in [1.807, 2.05) is 0 Å². The highest BCUT2D eigenvalue weighted by Crippen LogP contribution is 2.42. The first-order chi connectivity index (χ1) is 17.3. The molecule has 0 radical (unpaired) electrons. The van der Waals surface area contributed by atoms with E-state index in [9.17, 15) is 14.3 Å². The Morgan fingerprint density at radius 3 is 2.61 bits per heavy atom. The number of benzene rings is 2. The number of carboxylic acids is 1. The van der Waals surface area contributed by atoms with Gasteiger partial charge in [0, 0.05) is 17.1 Å². The molecule has 2 aromatic carbocycles. The summed E-state index contributed by atoms with van der Waals surface area (Å²) in [5.41, 5.74) is 1.08. The molecule has 0 unspecified atom stereocenters. The van der Waals surface area contributed by atoms with Gasteiger partial charge >= 0.3 is 5.97 Å². The largest absolute Gasteiger partial charge is 0.497 e. The standard InChI is InChI=1S/C28H31ClF2N2O3/c1-36-21-8-9-25-22(17-21)26(23(29)18-32-25)24(31)10-11-28(27(34)35)12-15-33(16-13-28)14-2-3-19-4-6-20(30)7-5-19/h4-9,17-18,24H,2-3,10-16H2,1H3,(H,34,35)/t24-/m1/s1. The lowest BCUT2D eigenvalue weighted by Gasteiger charge is -2.39. The molecule has 192 valence electrons. The van der Waals surface area contributed by atoms with Crippen LogP contribution in [0.3, 0.4) is 0 Å². The van der Waals surface area contributed by atoms with Crippen LogP contribution in [0.2, 0.25) is 5.02 Å². The molecule has 1 aliphatic rings. The van der Waals surface area contributed by atoms with Gasteiger partial charge in [-0.1, -0.05) is 23.7 Å². The molecule has 0 bridgehead atoms. The maximum Gasteiger partial charge on any atom is 0.309 e. The third-order valence-corrected chi connectivity index (χ3v) is 7.68. The smallest absolute Gasteiger partial charge is 0.309 e. The molecule has 2 heterocycles. The van der Waals surface area contributed by atoms with Gasteiger partial charge in [-0.3, -0.25) is 9.78 Å². The third-order valence-electron chi connectivity index (χ3n) is 7.38. The van der Waals surface area contributed by atoms with Gasteiger partial charge in [0.25, 0.3) is 0 Å². The molecule has 1 aliphatic heterocycles. The molecule has 1 aromatic heterocycles. The third kappa shape index (κ3) is 5.95. The number of alkyl halides is 1. The van der Waals surface area contributed by atoms with Crippen molar-refractivity contribution in [1.82, 2.24) is 9.88 Å². The van der Waals surface area contributed by atoms with Crippen LogP contribution in [0.25, 0.3) is 10.9 Å². The Morgan fingerprint density at radius 1 is 1.22 bits per heavy atom. The first kappa shape index (κ1) is 26.3. The van der Waals surface area contributed by atoms with Crippen LogP contribution in [0, 0.1) is 11.2 Å². The number of piperidine rings is 1. The second-order valence-electron chi connectivity index (χ2n) is 9.57. The Balaban J connectivity index is 1.37. The number of hydrogen-bond donors (Lipinski definition) is 1. The molecule has 3 aromatic rings. The average Bonchev–Trinajstić information content (AvgIpc) is 2.88. The molecular formula is C28H31ClF2N2O3. The van der Waals surface area contributed by atoms with Crippen LogP contribution < -0.4 is 4.74 Å². The number of methoxy groups -OCH3 is 1. The molecule has 5 nitrogen and oxygen atoms in total. The van der Waals surface area contributed by atoms with E-state index in [-0.39, 0.29) is 23.7 Å². The van der Waals surface area contributed by atoms with E-state index < -0.39 is 17.6 Å². The fourth-order valence-electron chi connectivity index (χ4n) is 5.09. The summed E-state index contributed by atoms with van der Waals surface area (Å²) < 4.78 is 33.9. The molecule has 0 amide bonds. The maximum absolute atomic E-state index is 15.6. The Bertz CT molecular complexity index is 1200. The first-order valence-electron chi connectivity index (χ1n) is 12.3. The van der Waals surface area contributed by atoms with E-state index in [0.717, 1.165) is 24.9 Å². The highest BCUT2D eigenvalue weighted by Gasteiger charge is 2.41. The van der Waals surface area contributed by atoms with Crippen molar-refractivity contribution in [1.29, 1.82) is 0 Å². The van der Waals surface area contributed by atoms with Crippen molar-refractivity contribution in [3.8, 4) is 5.75 Å². The molecule has 1 N–H and O–H groups in total. The Morgan fingerprint density at radius 2 is 1.94 bits per heavy atom. The molecule has 8 heteroatoms. The zero-order chi connectivity index (χ0) is 25.7. The maximum atomic E-state index is 15.6. The van der Waals surface area contributed by atoms with Gasteiger partial charge < -0.3 is 14.7 Å². The predicted molar refractivity (Wildman–Crippen MR) is 137 cm³/mol. The summed E-state index contributed by atoms with van der Waals surface area (Å²) in [5, 5.41) is 10.9. The number of fused-ring (bicyclic) bond motifs is 1. The van der Waals surface area contributed by atoms with E-state index in [4.69, 9.17) is 16.3 Å². The van der Waals surface area contributed by atoms with Crippen LogP contribution in [0.1, 0.15) is 49.4 Å². The average molecular weight is 517 g/mol. The van der Waals surface area contributed by atoms with Crippen LogP contribution in [0.15, 0.2) is 48.7 Å². The number of aromatic nitrogens is 1. The molecule has 0 spiro atoms. The van der Waals surface area contributed by atoms with Crippen LogP contribution in [-0.4, -0.2) is 47.7 Å². The first-order valence-corrected chi connectivity index (χ1v) is 12.7. The zero-order valence-corrected chi connectivity index (χ0v) is 21.1. The van der Waals surface area contributed by atoms with Gasteiger partial charge in [-0.25, -0.2) is 8.78 Å². The molecule has 1 atom stereocenters. The number of rotatable bonds is 10. The van der Waals surface area contributed by atoms with E-state index in [1.54, 1.807) is 30.3 Å². The Labute approximate surface area is 215 Å². The van der Waals surface area contributed by atoms with Gasteiger partial charge in [0.05, 0.1) is 23.1 Å². The monoisotopic (exact) mass is 516 g/mol. The van der Waals surface area contributed by atoms with Gasteiger partial charge in [-0.05, 0) is 94.1 Å². The summed E-state index contributed by atoms with van der Waals surface area (Å²) in [7, 11) is 1.54. The molecule has 1 saturated heterocycles. The minimum atomic E-state index is -1.42. The number of nitrogens with zero attached hydrogens (tertiary/aromatic N) is 2. The highest BCUT2D eigenvalue weighted by molar-refractivity contribution is 6.32. The van der Waals surface area contributed by atoms with E-state index in [0.29, 0.717) is 48.1 Å². The van der Waals surface area contributed by atoms with Crippen molar-refractivity contribution in [3.63, 3.8) is 0 Å². The predicted octanol–water partition coefficient (Wildman–Crippen LogP) is 6.63. The van der Waals surface area contributed by atoms with E-state index in [2.05, 4.69) is 9.88 Å². The zero-order valence-electron chi connectivity index (χ0n) is 20.4. The summed E-state index contributed by atoms with van der Waals surface area (Å²) in [4.78, 5) is 18.8. The van der Waals surface area contributed by atoms with Gasteiger partial charge in [0.2, 0.25) is 0 Å². The van der Waals surface area contributed by atoms with E-state index >= 15 is 4.39 Å². The topological polar surface area (TPSA) is 62.7 Å². The number of halogens is 3. The summed E-state index contributed by atoms with van der Waals surface area (Å²) in [6, 6.07) is 11.7.